The van der Waals surface area contributed by atoms with Crippen LogP contribution < -0.4 is 18.9 Å². The molecule has 0 unspecified atom stereocenters. The molecule has 2 aliphatic heterocycles. The molecule has 0 amide bonds. The van der Waals surface area contributed by atoms with Crippen molar-refractivity contribution in [2.75, 3.05) is 28.4 Å². The van der Waals surface area contributed by atoms with Crippen LogP contribution in [-0.4, -0.2) is 48.4 Å². The van der Waals surface area contributed by atoms with E-state index in [1.165, 1.54) is 77.0 Å². The van der Waals surface area contributed by atoms with Gasteiger partial charge in [0.2, 0.25) is 0 Å². The fourth-order valence-electron chi connectivity index (χ4n) is 7.88. The number of nitrogens with one attached hydrogen (secondary N) is 2. The largest absolute Gasteiger partial charge is 0.497 e. The molecule has 64 heavy (non-hydrogen) atoms. The second-order valence-corrected chi connectivity index (χ2v) is 14.4. The third-order valence-corrected chi connectivity index (χ3v) is 10.8. The zero-order valence-electron chi connectivity index (χ0n) is 33.8. The summed E-state index contributed by atoms with van der Waals surface area (Å²) < 4.78 is 150. The second-order valence-electron chi connectivity index (χ2n) is 14.4. The Morgan fingerprint density at radius 2 is 0.500 bits per heavy atom. The van der Waals surface area contributed by atoms with Crippen LogP contribution in [0.25, 0.3) is 90.9 Å². The number of aromatic nitrogens is 4. The van der Waals surface area contributed by atoms with Crippen molar-refractivity contribution in [2.45, 2.75) is 0 Å². The molecule has 0 saturated heterocycles. The lowest BCUT2D eigenvalue weighted by atomic mass is 10.0. The molecule has 16 heteroatoms. The van der Waals surface area contributed by atoms with Crippen molar-refractivity contribution in [1.29, 1.82) is 0 Å². The van der Waals surface area contributed by atoms with Gasteiger partial charge in [-0.15, -0.1) is 0 Å². The van der Waals surface area contributed by atoms with Crippen LogP contribution in [0.5, 0.6) is 23.0 Å². The molecule has 9 rings (SSSR count). The first-order chi connectivity index (χ1) is 30.8. The third-order valence-electron chi connectivity index (χ3n) is 10.8. The van der Waals surface area contributed by atoms with Gasteiger partial charge >= 0.3 is 0 Å². The van der Waals surface area contributed by atoms with Gasteiger partial charge in [-0.05, 0) is 48.6 Å². The van der Waals surface area contributed by atoms with E-state index in [4.69, 9.17) is 28.9 Å². The summed E-state index contributed by atoms with van der Waals surface area (Å²) in [5.41, 5.74) is -3.89. The number of methoxy groups -OCH3 is 4. The van der Waals surface area contributed by atoms with Gasteiger partial charge in [-0.25, -0.2) is 45.1 Å². The van der Waals surface area contributed by atoms with Gasteiger partial charge in [0.15, 0.2) is 0 Å². The molecule has 0 spiro atoms. The van der Waals surface area contributed by atoms with E-state index in [-0.39, 0.29) is 90.1 Å². The number of nitrogens with zero attached hydrogens (tertiary/aromatic N) is 2. The normalized spacial score (nSPS) is 11.9. The van der Waals surface area contributed by atoms with Gasteiger partial charge in [0.05, 0.1) is 73.5 Å². The first-order valence-electron chi connectivity index (χ1n) is 19.1. The van der Waals surface area contributed by atoms with Crippen molar-refractivity contribution in [3.8, 4) is 67.5 Å². The predicted octanol–water partition coefficient (Wildman–Crippen LogP) is 12.5. The predicted molar refractivity (Wildman–Crippen MR) is 226 cm³/mol. The molecule has 0 atom stereocenters. The van der Waals surface area contributed by atoms with Crippen LogP contribution in [0.15, 0.2) is 72.8 Å². The van der Waals surface area contributed by atoms with E-state index in [0.717, 1.165) is 48.5 Å². The van der Waals surface area contributed by atoms with Crippen molar-refractivity contribution in [1.82, 2.24) is 19.9 Å². The summed E-state index contributed by atoms with van der Waals surface area (Å²) in [5.74, 6) is -9.32. The molecule has 0 fully saturated rings. The van der Waals surface area contributed by atoms with Crippen molar-refractivity contribution < 1.29 is 54.1 Å². The smallest absolute Gasteiger partial charge is 0.137 e. The fraction of sp³-hybridized carbons (Fsp3) is 0.0833. The molecule has 0 saturated carbocycles. The average molecular weight is 879 g/mol. The number of fused-ring (bicyclic) bond motifs is 8. The first kappa shape index (κ1) is 41.5. The van der Waals surface area contributed by atoms with Crippen LogP contribution in [0.1, 0.15) is 22.8 Å². The minimum Gasteiger partial charge on any atom is -0.497 e. The van der Waals surface area contributed by atoms with Gasteiger partial charge < -0.3 is 28.9 Å². The zero-order chi connectivity index (χ0) is 45.1. The molecular weight excluding hydrogens is 849 g/mol. The SMILES string of the molecule is COc1cc(F)c(-c2c3nc(c(-c4c(F)cc(OC)cc4F)c4ccc([nH]4)c(-c4c(F)cc(OC)cc4F)c4nc(c(-c5c(F)cc(OC)cc5F)c5ccc2[nH]5)C=C4)C=C3)c(F)c1. The molecule has 2 aliphatic rings. The summed E-state index contributed by atoms with van der Waals surface area (Å²) in [6.07, 6.45) is 5.42. The summed E-state index contributed by atoms with van der Waals surface area (Å²) in [4.78, 5) is 15.5. The topological polar surface area (TPSA) is 94.3 Å². The minimum atomic E-state index is -1.09. The summed E-state index contributed by atoms with van der Waals surface area (Å²) in [7, 11) is 4.88. The highest BCUT2D eigenvalue weighted by Crippen LogP contribution is 2.43. The maximum atomic E-state index is 16.2. The van der Waals surface area contributed by atoms with E-state index in [1.54, 1.807) is 0 Å². The van der Waals surface area contributed by atoms with Crippen LogP contribution in [0.3, 0.4) is 0 Å². The zero-order valence-corrected chi connectivity index (χ0v) is 33.8. The van der Waals surface area contributed by atoms with Crippen molar-refractivity contribution in [3.05, 3.63) is 142 Å². The van der Waals surface area contributed by atoms with Crippen molar-refractivity contribution >= 4 is 46.4 Å². The summed E-state index contributed by atoms with van der Waals surface area (Å²) in [6.45, 7) is 0. The second kappa shape index (κ2) is 16.1. The molecule has 0 radical (unpaired) electrons. The Hall–Kier alpha value is -7.88. The van der Waals surface area contributed by atoms with E-state index < -0.39 is 68.8 Å². The van der Waals surface area contributed by atoms with E-state index in [0.29, 0.717) is 0 Å². The molecule has 5 heterocycles. The summed E-state index contributed by atoms with van der Waals surface area (Å²) in [5, 5.41) is 0. The molecule has 7 aromatic rings. The summed E-state index contributed by atoms with van der Waals surface area (Å²) >= 11 is 0. The monoisotopic (exact) mass is 878 g/mol. The van der Waals surface area contributed by atoms with Crippen LogP contribution >= 0.6 is 0 Å². The Bertz CT molecular complexity index is 2820. The highest BCUT2D eigenvalue weighted by atomic mass is 19.2. The Balaban J connectivity index is 1.53. The van der Waals surface area contributed by atoms with Gasteiger partial charge in [-0.2, -0.15) is 0 Å². The van der Waals surface area contributed by atoms with Gasteiger partial charge in [-0.1, -0.05) is 0 Å². The quantitative estimate of drug-likeness (QED) is 0.148. The van der Waals surface area contributed by atoms with Crippen LogP contribution in [0.2, 0.25) is 0 Å². The Labute approximate surface area is 357 Å². The Kier molecular flexibility index (Phi) is 10.4. The lowest BCUT2D eigenvalue weighted by molar-refractivity contribution is 0.407. The number of hydrogen-bond donors (Lipinski definition) is 2. The maximum absolute atomic E-state index is 16.2. The number of ether oxygens (including phenoxy) is 4. The highest BCUT2D eigenvalue weighted by molar-refractivity contribution is 6.00. The van der Waals surface area contributed by atoms with E-state index >= 15 is 35.1 Å². The highest BCUT2D eigenvalue weighted by Gasteiger charge is 2.27. The van der Waals surface area contributed by atoms with Crippen molar-refractivity contribution in [3.63, 3.8) is 0 Å². The molecule has 4 aromatic carbocycles. The molecular formula is C48H30F8N4O4. The van der Waals surface area contributed by atoms with Gasteiger partial charge in [-0.3, -0.25) is 0 Å². The maximum Gasteiger partial charge on any atom is 0.137 e. The molecule has 2 N–H and O–H groups in total. The van der Waals surface area contributed by atoms with Gasteiger partial charge in [0.1, 0.15) is 69.5 Å². The molecule has 322 valence electrons. The number of hydrogen-bond acceptors (Lipinski definition) is 6. The number of halogens is 8. The fourth-order valence-corrected chi connectivity index (χ4v) is 7.88. The average Bonchev–Trinajstić information content (AvgIpc) is 4.11. The third kappa shape index (κ3) is 6.96. The van der Waals surface area contributed by atoms with Crippen LogP contribution in [-0.2, 0) is 0 Å². The molecule has 3 aromatic heterocycles. The lowest BCUT2D eigenvalue weighted by Crippen LogP contribution is -1.98. The number of rotatable bonds is 8. The van der Waals surface area contributed by atoms with Crippen LogP contribution in [0.4, 0.5) is 35.1 Å². The van der Waals surface area contributed by atoms with E-state index in [9.17, 15) is 0 Å². The van der Waals surface area contributed by atoms with Crippen LogP contribution in [0, 0.1) is 46.5 Å². The number of H-pyrrole nitrogens is 2. The summed E-state index contributed by atoms with van der Waals surface area (Å²) in [6, 6.07) is 13.1. The Morgan fingerprint density at radius 1 is 0.312 bits per heavy atom. The molecule has 8 bridgehead atoms. The molecule has 0 aliphatic carbocycles. The first-order valence-corrected chi connectivity index (χ1v) is 19.1. The lowest BCUT2D eigenvalue weighted by Gasteiger charge is -2.11. The van der Waals surface area contributed by atoms with E-state index in [1.807, 2.05) is 0 Å². The molecule has 8 nitrogen and oxygen atoms in total. The van der Waals surface area contributed by atoms with Crippen molar-refractivity contribution in [2.24, 2.45) is 0 Å². The minimum absolute atomic E-state index is 0.0338. The number of benzene rings is 4. The standard InChI is InChI=1S/C48H30F8N4O4/c1-61-21-13-25(49)41(26(50)14-21)45-33-5-7-35(57-33)46(42-27(51)15-22(62-2)16-28(42)52)37-9-11-39(59-37)48(44-31(55)19-24(64-4)20-32(44)56)40-12-10-38(60-40)47(36-8-6-34(45)58-36)43-29(53)17-23(63-3)18-30(43)54/h5-20,57,60H,1-4H3. The van der Waals surface area contributed by atoms with Gasteiger partial charge in [0, 0.05) is 92.9 Å². The Morgan fingerprint density at radius 3 is 0.672 bits per heavy atom. The number of aromatic amines is 2. The van der Waals surface area contributed by atoms with Gasteiger partial charge in [0.25, 0.3) is 0 Å². The van der Waals surface area contributed by atoms with E-state index in [2.05, 4.69) is 9.97 Å².